The lowest BCUT2D eigenvalue weighted by atomic mass is 10.1. The standard InChI is InChI=1S/C17H30/c1-3-5-7-9-11-13-15-17-16-14-12-10-8-6-4-2/h3,5,9,11,15,17H,4,6-8,10,12-14,16H2,1-2H3. The van der Waals surface area contributed by atoms with Crippen LogP contribution in [0.5, 0.6) is 0 Å². The van der Waals surface area contributed by atoms with Crippen LogP contribution in [0.4, 0.5) is 0 Å². The normalized spacial score (nSPS) is 12.4. The molecule has 0 unspecified atom stereocenters. The van der Waals surface area contributed by atoms with Crippen molar-refractivity contribution in [3.63, 3.8) is 0 Å². The van der Waals surface area contributed by atoms with Gasteiger partial charge in [0.1, 0.15) is 0 Å². The quantitative estimate of drug-likeness (QED) is 0.295. The molecule has 0 fully saturated rings. The smallest absolute Gasteiger partial charge is 0.0169 e. The average molecular weight is 234 g/mol. The molecule has 0 aliphatic carbocycles. The van der Waals surface area contributed by atoms with Gasteiger partial charge in [-0.3, -0.25) is 0 Å². The summed E-state index contributed by atoms with van der Waals surface area (Å²) in [4.78, 5) is 0. The van der Waals surface area contributed by atoms with E-state index in [2.05, 4.69) is 50.3 Å². The van der Waals surface area contributed by atoms with Gasteiger partial charge in [-0.1, -0.05) is 75.5 Å². The van der Waals surface area contributed by atoms with Crippen LogP contribution in [0.2, 0.25) is 0 Å². The van der Waals surface area contributed by atoms with E-state index in [-0.39, 0.29) is 0 Å². The van der Waals surface area contributed by atoms with Gasteiger partial charge < -0.3 is 0 Å². The van der Waals surface area contributed by atoms with Gasteiger partial charge in [0, 0.05) is 0 Å². The molecular weight excluding hydrogens is 204 g/mol. The number of unbranched alkanes of at least 4 members (excludes halogenated alkanes) is 6. The molecule has 0 aliphatic heterocycles. The highest BCUT2D eigenvalue weighted by molar-refractivity contribution is 4.96. The molecule has 0 rings (SSSR count). The maximum Gasteiger partial charge on any atom is -0.0169 e. The maximum atomic E-state index is 2.33. The summed E-state index contributed by atoms with van der Waals surface area (Å²) in [5.41, 5.74) is 0. The van der Waals surface area contributed by atoms with Gasteiger partial charge in [0.2, 0.25) is 0 Å². The first-order chi connectivity index (χ1) is 8.41. The van der Waals surface area contributed by atoms with Crippen LogP contribution in [0.3, 0.4) is 0 Å². The summed E-state index contributed by atoms with van der Waals surface area (Å²) in [7, 11) is 0. The Morgan fingerprint density at radius 1 is 0.647 bits per heavy atom. The second-order valence-electron chi connectivity index (χ2n) is 4.54. The van der Waals surface area contributed by atoms with Crippen molar-refractivity contribution in [2.75, 3.05) is 0 Å². The Labute approximate surface area is 109 Å². The lowest BCUT2D eigenvalue weighted by Crippen LogP contribution is -1.77. The molecular formula is C17H30. The van der Waals surface area contributed by atoms with Crippen molar-refractivity contribution in [1.29, 1.82) is 0 Å². The zero-order valence-electron chi connectivity index (χ0n) is 11.8. The van der Waals surface area contributed by atoms with E-state index in [9.17, 15) is 0 Å². The summed E-state index contributed by atoms with van der Waals surface area (Å²) in [5, 5.41) is 0. The van der Waals surface area contributed by atoms with Crippen LogP contribution in [-0.4, -0.2) is 0 Å². The minimum Gasteiger partial charge on any atom is -0.0914 e. The fourth-order valence-corrected chi connectivity index (χ4v) is 1.74. The van der Waals surface area contributed by atoms with Crippen molar-refractivity contribution in [3.8, 4) is 0 Å². The van der Waals surface area contributed by atoms with Crippen molar-refractivity contribution in [3.05, 3.63) is 36.5 Å². The summed E-state index contributed by atoms with van der Waals surface area (Å²) < 4.78 is 0. The van der Waals surface area contributed by atoms with Crippen molar-refractivity contribution >= 4 is 0 Å². The molecule has 0 N–H and O–H groups in total. The predicted molar refractivity (Wildman–Crippen MR) is 80.3 cm³/mol. The Morgan fingerprint density at radius 3 is 1.94 bits per heavy atom. The SMILES string of the molecule is CC=CCC=CCC=CCCCCCCCC. The molecule has 0 amide bonds. The van der Waals surface area contributed by atoms with Gasteiger partial charge in [-0.25, -0.2) is 0 Å². The van der Waals surface area contributed by atoms with Gasteiger partial charge >= 0.3 is 0 Å². The number of hydrogen-bond acceptors (Lipinski definition) is 0. The second kappa shape index (κ2) is 15.2. The highest BCUT2D eigenvalue weighted by Crippen LogP contribution is 2.07. The van der Waals surface area contributed by atoms with Gasteiger partial charge in [-0.05, 0) is 32.6 Å². The third-order valence-corrected chi connectivity index (χ3v) is 2.84. The summed E-state index contributed by atoms with van der Waals surface area (Å²) in [5.74, 6) is 0. The minimum atomic E-state index is 1.07. The lowest BCUT2D eigenvalue weighted by molar-refractivity contribution is 0.611. The second-order valence-corrected chi connectivity index (χ2v) is 4.54. The van der Waals surface area contributed by atoms with E-state index >= 15 is 0 Å². The van der Waals surface area contributed by atoms with E-state index in [1.807, 2.05) is 0 Å². The van der Waals surface area contributed by atoms with Crippen LogP contribution in [0.1, 0.15) is 71.6 Å². The first kappa shape index (κ1) is 16.2. The van der Waals surface area contributed by atoms with Crippen LogP contribution in [0, 0.1) is 0 Å². The van der Waals surface area contributed by atoms with Crippen LogP contribution in [0.25, 0.3) is 0 Å². The Kier molecular flexibility index (Phi) is 14.5. The molecule has 0 saturated heterocycles. The Balaban J connectivity index is 3.17. The zero-order chi connectivity index (χ0) is 12.6. The van der Waals surface area contributed by atoms with Crippen LogP contribution >= 0.6 is 0 Å². The summed E-state index contributed by atoms with van der Waals surface area (Å²) in [6.45, 7) is 4.33. The van der Waals surface area contributed by atoms with E-state index < -0.39 is 0 Å². The largest absolute Gasteiger partial charge is 0.0914 e. The fourth-order valence-electron chi connectivity index (χ4n) is 1.74. The van der Waals surface area contributed by atoms with E-state index in [1.54, 1.807) is 0 Å². The summed E-state index contributed by atoms with van der Waals surface area (Å²) >= 11 is 0. The Morgan fingerprint density at radius 2 is 1.24 bits per heavy atom. The zero-order valence-corrected chi connectivity index (χ0v) is 11.8. The molecule has 0 saturated carbocycles. The van der Waals surface area contributed by atoms with E-state index in [1.165, 1.54) is 44.9 Å². The van der Waals surface area contributed by atoms with Gasteiger partial charge in [0.15, 0.2) is 0 Å². The molecule has 0 bridgehead atoms. The monoisotopic (exact) mass is 234 g/mol. The summed E-state index contributed by atoms with van der Waals surface area (Å²) in [6, 6.07) is 0. The molecule has 0 aromatic carbocycles. The highest BCUT2D eigenvalue weighted by atomic mass is 13.9. The fraction of sp³-hybridized carbons (Fsp3) is 0.647. The molecule has 0 spiro atoms. The van der Waals surface area contributed by atoms with E-state index in [4.69, 9.17) is 0 Å². The molecule has 0 heterocycles. The van der Waals surface area contributed by atoms with Crippen molar-refractivity contribution in [1.82, 2.24) is 0 Å². The van der Waals surface area contributed by atoms with Crippen LogP contribution < -0.4 is 0 Å². The first-order valence-corrected chi connectivity index (χ1v) is 7.33. The topological polar surface area (TPSA) is 0 Å². The third-order valence-electron chi connectivity index (χ3n) is 2.84. The van der Waals surface area contributed by atoms with Gasteiger partial charge in [0.25, 0.3) is 0 Å². The highest BCUT2D eigenvalue weighted by Gasteiger charge is 1.87. The van der Waals surface area contributed by atoms with E-state index in [0.717, 1.165) is 12.8 Å². The first-order valence-electron chi connectivity index (χ1n) is 7.33. The molecule has 0 aromatic rings. The molecule has 98 valence electrons. The van der Waals surface area contributed by atoms with Crippen molar-refractivity contribution in [2.45, 2.75) is 71.6 Å². The van der Waals surface area contributed by atoms with Crippen LogP contribution in [0.15, 0.2) is 36.5 Å². The third kappa shape index (κ3) is 15.2. The molecule has 0 aromatic heterocycles. The predicted octanol–water partition coefficient (Wildman–Crippen LogP) is 6.21. The minimum absolute atomic E-state index is 1.07. The lowest BCUT2D eigenvalue weighted by Gasteiger charge is -1.97. The van der Waals surface area contributed by atoms with Gasteiger partial charge in [-0.15, -0.1) is 0 Å². The van der Waals surface area contributed by atoms with Crippen LogP contribution in [-0.2, 0) is 0 Å². The average Bonchev–Trinajstić information content (AvgIpc) is 2.35. The summed E-state index contributed by atoms with van der Waals surface area (Å²) in [6.07, 6.45) is 25.2. The van der Waals surface area contributed by atoms with Gasteiger partial charge in [0.05, 0.1) is 0 Å². The Bertz CT molecular complexity index is 208. The number of hydrogen-bond donors (Lipinski definition) is 0. The maximum absolute atomic E-state index is 2.33. The molecule has 0 heteroatoms. The number of rotatable bonds is 11. The van der Waals surface area contributed by atoms with Crippen molar-refractivity contribution in [2.24, 2.45) is 0 Å². The molecule has 0 aliphatic rings. The van der Waals surface area contributed by atoms with E-state index in [0.29, 0.717) is 0 Å². The molecule has 0 atom stereocenters. The molecule has 17 heavy (non-hydrogen) atoms. The van der Waals surface area contributed by atoms with Crippen molar-refractivity contribution < 1.29 is 0 Å². The number of allylic oxidation sites excluding steroid dienone is 6. The Hall–Kier alpha value is -0.780. The molecule has 0 nitrogen and oxygen atoms in total. The molecule has 0 radical (unpaired) electrons. The van der Waals surface area contributed by atoms with Gasteiger partial charge in [-0.2, -0.15) is 0 Å².